The van der Waals surface area contributed by atoms with Crippen LogP contribution in [0, 0.1) is 10.1 Å². The van der Waals surface area contributed by atoms with E-state index in [1.54, 1.807) is 36.4 Å². The number of hydrogen-bond donors (Lipinski definition) is 0. The van der Waals surface area contributed by atoms with Gasteiger partial charge in [-0.3, -0.25) is 14.9 Å². The number of hydrogen-bond acceptors (Lipinski definition) is 6. The highest BCUT2D eigenvalue weighted by Crippen LogP contribution is 2.34. The zero-order valence-corrected chi connectivity index (χ0v) is 16.0. The van der Waals surface area contributed by atoms with Gasteiger partial charge in [-0.05, 0) is 42.8 Å². The molecule has 28 heavy (non-hydrogen) atoms. The third kappa shape index (κ3) is 3.87. The van der Waals surface area contributed by atoms with Crippen molar-refractivity contribution in [3.63, 3.8) is 0 Å². The predicted molar refractivity (Wildman–Crippen MR) is 109 cm³/mol. The van der Waals surface area contributed by atoms with Crippen LogP contribution in [0.2, 0.25) is 0 Å². The number of amides is 1. The van der Waals surface area contributed by atoms with Gasteiger partial charge in [-0.2, -0.15) is 4.99 Å². The van der Waals surface area contributed by atoms with Gasteiger partial charge in [-0.25, -0.2) is 0 Å². The number of aliphatic imine (C=N–C) groups is 1. The highest BCUT2D eigenvalue weighted by molar-refractivity contribution is 8.18. The molecule has 0 unspecified atom stereocenters. The highest BCUT2D eigenvalue weighted by atomic mass is 32.2. The van der Waals surface area contributed by atoms with Gasteiger partial charge < -0.3 is 9.32 Å². The Bertz CT molecular complexity index is 971. The van der Waals surface area contributed by atoms with Crippen LogP contribution in [-0.4, -0.2) is 34.0 Å². The van der Waals surface area contributed by atoms with Crippen molar-refractivity contribution in [3.8, 4) is 11.3 Å². The first kappa shape index (κ1) is 18.5. The van der Waals surface area contributed by atoms with Gasteiger partial charge in [-0.15, -0.1) is 0 Å². The zero-order chi connectivity index (χ0) is 19.5. The lowest BCUT2D eigenvalue weighted by Crippen LogP contribution is -2.28. The van der Waals surface area contributed by atoms with Crippen molar-refractivity contribution < 1.29 is 14.1 Å². The number of nitrogens with zero attached hydrogens (tertiary/aromatic N) is 3. The maximum Gasteiger partial charge on any atom is 0.286 e. The van der Waals surface area contributed by atoms with Crippen molar-refractivity contribution in [1.29, 1.82) is 0 Å². The van der Waals surface area contributed by atoms with Crippen LogP contribution in [0.3, 0.4) is 0 Å². The van der Waals surface area contributed by atoms with Gasteiger partial charge in [0.2, 0.25) is 0 Å². The molecule has 0 N–H and O–H groups in total. The van der Waals surface area contributed by atoms with E-state index in [2.05, 4.69) is 9.89 Å². The highest BCUT2D eigenvalue weighted by Gasteiger charge is 2.27. The average Bonchev–Trinajstić information content (AvgIpc) is 3.19. The molecule has 0 spiro atoms. The molecule has 0 aliphatic carbocycles. The second kappa shape index (κ2) is 8.02. The van der Waals surface area contributed by atoms with Gasteiger partial charge >= 0.3 is 0 Å². The predicted octanol–water partition coefficient (Wildman–Crippen LogP) is 4.70. The lowest BCUT2D eigenvalue weighted by molar-refractivity contribution is -0.384. The summed E-state index contributed by atoms with van der Waals surface area (Å²) in [6.07, 6.45) is 6.31. The van der Waals surface area contributed by atoms with Crippen molar-refractivity contribution in [2.75, 3.05) is 13.1 Å². The molecule has 4 rings (SSSR count). The van der Waals surface area contributed by atoms with Crippen LogP contribution in [0.4, 0.5) is 5.69 Å². The fraction of sp³-hybridized carbons (Fsp3) is 0.300. The Kier molecular flexibility index (Phi) is 5.29. The Balaban J connectivity index is 1.53. The van der Waals surface area contributed by atoms with Crippen molar-refractivity contribution >= 4 is 34.6 Å². The first-order chi connectivity index (χ1) is 13.6. The normalized spacial score (nSPS) is 19.0. The van der Waals surface area contributed by atoms with Crippen LogP contribution in [0.1, 0.15) is 31.4 Å². The van der Waals surface area contributed by atoms with E-state index in [4.69, 9.17) is 4.42 Å². The first-order valence-electron chi connectivity index (χ1n) is 9.23. The summed E-state index contributed by atoms with van der Waals surface area (Å²) in [5.74, 6) is 0.590. The molecule has 1 amide bonds. The van der Waals surface area contributed by atoms with Crippen LogP contribution in [0.25, 0.3) is 17.4 Å². The smallest absolute Gasteiger partial charge is 0.286 e. The number of thioether (sulfide) groups is 1. The van der Waals surface area contributed by atoms with Gasteiger partial charge in [0.1, 0.15) is 11.5 Å². The number of nitro benzene ring substituents is 1. The summed E-state index contributed by atoms with van der Waals surface area (Å²) in [7, 11) is 0. The molecule has 0 saturated carbocycles. The molecule has 2 aromatic rings. The number of carbonyl (C=O) groups is 1. The van der Waals surface area contributed by atoms with Crippen molar-refractivity contribution in [2.45, 2.75) is 25.7 Å². The van der Waals surface area contributed by atoms with E-state index in [1.165, 1.54) is 30.7 Å². The van der Waals surface area contributed by atoms with E-state index in [0.717, 1.165) is 31.1 Å². The monoisotopic (exact) mass is 397 g/mol. The number of carbonyl (C=O) groups excluding carboxylic acids is 1. The standard InChI is InChI=1S/C20H19N3O4S/c24-19-18(28-20(21-19)22-11-5-1-2-6-12-22)13-14-9-10-17(27-14)15-7-3-4-8-16(15)23(25)26/h3-4,7-10,13H,1-2,5-6,11-12H2/b18-13+. The Morgan fingerprint density at radius 2 is 1.86 bits per heavy atom. The SMILES string of the molecule is O=C1N=C(N2CCCCCC2)S/C1=C/c1ccc(-c2ccccc2[N+](=O)[O-])o1. The Morgan fingerprint density at radius 3 is 2.61 bits per heavy atom. The molecule has 8 heteroatoms. The third-order valence-electron chi connectivity index (χ3n) is 4.75. The average molecular weight is 397 g/mol. The number of nitro groups is 1. The number of benzene rings is 1. The molecule has 1 aromatic heterocycles. The number of likely N-dealkylation sites (tertiary alicyclic amines) is 1. The molecule has 1 fully saturated rings. The van der Waals surface area contributed by atoms with Crippen LogP contribution < -0.4 is 0 Å². The fourth-order valence-electron chi connectivity index (χ4n) is 3.34. The summed E-state index contributed by atoms with van der Waals surface area (Å²) in [6, 6.07) is 9.80. The molecule has 0 atom stereocenters. The summed E-state index contributed by atoms with van der Waals surface area (Å²) in [6.45, 7) is 1.85. The van der Waals surface area contributed by atoms with Crippen LogP contribution in [0.15, 0.2) is 50.7 Å². The Hall–Kier alpha value is -2.87. The van der Waals surface area contributed by atoms with Crippen molar-refractivity contribution in [2.24, 2.45) is 4.99 Å². The quantitative estimate of drug-likeness (QED) is 0.424. The van der Waals surface area contributed by atoms with Crippen molar-refractivity contribution in [1.82, 2.24) is 4.90 Å². The number of rotatable bonds is 3. The summed E-state index contributed by atoms with van der Waals surface area (Å²) >= 11 is 1.36. The summed E-state index contributed by atoms with van der Waals surface area (Å²) in [4.78, 5) is 30.0. The number of furan rings is 1. The number of amidine groups is 1. The van der Waals surface area contributed by atoms with E-state index >= 15 is 0 Å². The lowest BCUT2D eigenvalue weighted by Gasteiger charge is -2.20. The molecule has 3 heterocycles. The molecule has 2 aliphatic rings. The van der Waals surface area contributed by atoms with E-state index in [1.807, 2.05) is 0 Å². The van der Waals surface area contributed by atoms with Crippen LogP contribution in [0.5, 0.6) is 0 Å². The molecule has 1 aromatic carbocycles. The van der Waals surface area contributed by atoms with E-state index < -0.39 is 4.92 Å². The molecule has 0 bridgehead atoms. The topological polar surface area (TPSA) is 89.0 Å². The molecule has 144 valence electrons. The summed E-state index contributed by atoms with van der Waals surface area (Å²) in [5.41, 5.74) is 0.387. The molecular formula is C20H19N3O4S. The minimum atomic E-state index is -0.437. The van der Waals surface area contributed by atoms with Gasteiger partial charge in [0, 0.05) is 25.2 Å². The fourth-order valence-corrected chi connectivity index (χ4v) is 4.29. The largest absolute Gasteiger partial charge is 0.456 e. The first-order valence-corrected chi connectivity index (χ1v) is 10.0. The van der Waals surface area contributed by atoms with Crippen LogP contribution in [-0.2, 0) is 4.79 Å². The molecular weight excluding hydrogens is 378 g/mol. The second-order valence-electron chi connectivity index (χ2n) is 6.69. The van der Waals surface area contributed by atoms with E-state index in [9.17, 15) is 14.9 Å². The Labute approximate surface area is 166 Å². The van der Waals surface area contributed by atoms with E-state index in [-0.39, 0.29) is 11.6 Å². The van der Waals surface area contributed by atoms with Gasteiger partial charge in [0.25, 0.3) is 11.6 Å². The maximum atomic E-state index is 12.3. The zero-order valence-electron chi connectivity index (χ0n) is 15.2. The molecule has 0 radical (unpaired) electrons. The van der Waals surface area contributed by atoms with Gasteiger partial charge in [-0.1, -0.05) is 25.0 Å². The minimum Gasteiger partial charge on any atom is -0.456 e. The number of para-hydroxylation sites is 1. The summed E-state index contributed by atoms with van der Waals surface area (Å²) in [5, 5.41) is 12.0. The maximum absolute atomic E-state index is 12.3. The summed E-state index contributed by atoms with van der Waals surface area (Å²) < 4.78 is 5.76. The second-order valence-corrected chi connectivity index (χ2v) is 7.70. The van der Waals surface area contributed by atoms with Gasteiger partial charge in [0.15, 0.2) is 5.17 Å². The van der Waals surface area contributed by atoms with Crippen molar-refractivity contribution in [3.05, 3.63) is 57.2 Å². The third-order valence-corrected chi connectivity index (χ3v) is 5.80. The van der Waals surface area contributed by atoms with Crippen LogP contribution >= 0.6 is 11.8 Å². The van der Waals surface area contributed by atoms with Gasteiger partial charge in [0.05, 0.1) is 15.4 Å². The Morgan fingerprint density at radius 1 is 1.11 bits per heavy atom. The molecule has 2 aliphatic heterocycles. The molecule has 7 nitrogen and oxygen atoms in total. The minimum absolute atomic E-state index is 0.0193. The van der Waals surface area contributed by atoms with E-state index in [0.29, 0.717) is 22.0 Å². The lowest BCUT2D eigenvalue weighted by atomic mass is 10.1. The molecule has 1 saturated heterocycles.